The van der Waals surface area contributed by atoms with Gasteiger partial charge < -0.3 is 36.5 Å². The van der Waals surface area contributed by atoms with Crippen molar-refractivity contribution in [2.45, 2.75) is 63.7 Å². The second-order valence-corrected chi connectivity index (χ2v) is 8.03. The van der Waals surface area contributed by atoms with Gasteiger partial charge in [0.05, 0.1) is 19.0 Å². The molecular weight excluding hydrogens is 420 g/mol. The second-order valence-electron chi connectivity index (χ2n) is 8.03. The number of carbonyl (C=O) groups excluding carboxylic acids is 3. The van der Waals surface area contributed by atoms with E-state index in [1.807, 2.05) is 6.92 Å². The third-order valence-electron chi connectivity index (χ3n) is 5.74. The molecule has 2 rings (SSSR count). The van der Waals surface area contributed by atoms with E-state index in [2.05, 4.69) is 20.6 Å². The lowest BCUT2D eigenvalue weighted by molar-refractivity contribution is -0.150. The van der Waals surface area contributed by atoms with Gasteiger partial charge in [0.25, 0.3) is 0 Å². The number of nitrogens with one attached hydrogen (secondary N) is 3. The number of H-pyrrole nitrogens is 1. The van der Waals surface area contributed by atoms with Gasteiger partial charge >= 0.3 is 5.97 Å². The van der Waals surface area contributed by atoms with Crippen LogP contribution in [0.4, 0.5) is 0 Å². The van der Waals surface area contributed by atoms with Crippen molar-refractivity contribution in [1.29, 1.82) is 0 Å². The fourth-order valence-corrected chi connectivity index (χ4v) is 3.62. The lowest BCUT2D eigenvalue weighted by Gasteiger charge is -2.29. The highest BCUT2D eigenvalue weighted by molar-refractivity contribution is 5.94. The Bertz CT molecular complexity index is 801. The van der Waals surface area contributed by atoms with Gasteiger partial charge in [-0.1, -0.05) is 20.3 Å². The van der Waals surface area contributed by atoms with Crippen LogP contribution in [0.5, 0.6) is 0 Å². The van der Waals surface area contributed by atoms with Gasteiger partial charge in [-0.05, 0) is 18.8 Å². The van der Waals surface area contributed by atoms with E-state index in [-0.39, 0.29) is 18.9 Å². The molecule has 1 aliphatic rings. The molecule has 1 aromatic heterocycles. The van der Waals surface area contributed by atoms with Gasteiger partial charge in [-0.2, -0.15) is 0 Å². The number of amides is 3. The fourth-order valence-electron chi connectivity index (χ4n) is 3.62. The van der Waals surface area contributed by atoms with E-state index in [4.69, 9.17) is 5.73 Å². The molecule has 0 spiro atoms. The molecule has 0 aliphatic carbocycles. The number of likely N-dealkylation sites (tertiary alicyclic amines) is 1. The number of carboxylic acids is 1. The minimum Gasteiger partial charge on any atom is -0.480 e. The van der Waals surface area contributed by atoms with E-state index < -0.39 is 54.5 Å². The Labute approximate surface area is 185 Å². The van der Waals surface area contributed by atoms with Crippen LogP contribution in [-0.4, -0.2) is 86.1 Å². The summed E-state index contributed by atoms with van der Waals surface area (Å²) in [6.07, 6.45) is 4.60. The molecule has 0 bridgehead atoms. The monoisotopic (exact) mass is 452 g/mol. The Morgan fingerprint density at radius 1 is 1.31 bits per heavy atom. The summed E-state index contributed by atoms with van der Waals surface area (Å²) >= 11 is 0. The van der Waals surface area contributed by atoms with Gasteiger partial charge in [-0.25, -0.2) is 9.78 Å². The van der Waals surface area contributed by atoms with Gasteiger partial charge in [-0.3, -0.25) is 14.4 Å². The molecule has 3 amide bonds. The molecule has 1 aliphatic heterocycles. The first-order chi connectivity index (χ1) is 15.2. The molecule has 178 valence electrons. The Balaban J connectivity index is 2.06. The lowest BCUT2D eigenvalue weighted by Crippen LogP contribution is -2.59. The number of aromatic amines is 1. The average Bonchev–Trinajstić information content (AvgIpc) is 3.46. The normalized spacial score (nSPS) is 19.6. The number of aliphatic hydroxyl groups excluding tert-OH is 1. The van der Waals surface area contributed by atoms with Crippen molar-refractivity contribution in [2.24, 2.45) is 11.7 Å². The molecule has 12 nitrogen and oxygen atoms in total. The molecule has 0 saturated carbocycles. The Morgan fingerprint density at radius 2 is 2.03 bits per heavy atom. The molecule has 0 radical (unpaired) electrons. The van der Waals surface area contributed by atoms with E-state index in [0.717, 1.165) is 4.90 Å². The van der Waals surface area contributed by atoms with Gasteiger partial charge in [-0.15, -0.1) is 0 Å². The number of carbonyl (C=O) groups is 4. The fraction of sp³-hybridized carbons (Fsp3) is 0.650. The SMILES string of the molecule is CCC(C)C(NC(=O)C(N)Cc1cnc[nH]1)C(=O)NC(CO)C(=O)N1CCCC1C(=O)O. The first-order valence-electron chi connectivity index (χ1n) is 10.7. The Kier molecular flexibility index (Phi) is 9.14. The smallest absolute Gasteiger partial charge is 0.326 e. The topological polar surface area (TPSA) is 191 Å². The quantitative estimate of drug-likeness (QED) is 0.230. The predicted molar refractivity (Wildman–Crippen MR) is 113 cm³/mol. The highest BCUT2D eigenvalue weighted by atomic mass is 16.4. The maximum atomic E-state index is 12.9. The van der Waals surface area contributed by atoms with E-state index >= 15 is 0 Å². The lowest BCUT2D eigenvalue weighted by atomic mass is 9.97. The Hall–Kier alpha value is -2.99. The van der Waals surface area contributed by atoms with E-state index in [9.17, 15) is 29.4 Å². The third kappa shape index (κ3) is 6.26. The summed E-state index contributed by atoms with van der Waals surface area (Å²) in [6, 6.07) is -4.22. The predicted octanol–water partition coefficient (Wildman–Crippen LogP) is -1.64. The van der Waals surface area contributed by atoms with Crippen molar-refractivity contribution in [3.63, 3.8) is 0 Å². The summed E-state index contributed by atoms with van der Waals surface area (Å²) in [5.41, 5.74) is 6.62. The number of rotatable bonds is 11. The van der Waals surface area contributed by atoms with Crippen molar-refractivity contribution >= 4 is 23.7 Å². The second kappa shape index (κ2) is 11.6. The molecule has 0 aromatic carbocycles. The first-order valence-corrected chi connectivity index (χ1v) is 10.7. The number of hydrogen-bond acceptors (Lipinski definition) is 7. The molecular formula is C20H32N6O6. The van der Waals surface area contributed by atoms with Crippen LogP contribution >= 0.6 is 0 Å². The van der Waals surface area contributed by atoms with Gasteiger partial charge in [0, 0.05) is 24.9 Å². The number of aliphatic hydroxyl groups is 1. The summed E-state index contributed by atoms with van der Waals surface area (Å²) in [5.74, 6) is -3.28. The molecule has 1 saturated heterocycles. The van der Waals surface area contributed by atoms with Crippen LogP contribution in [0.2, 0.25) is 0 Å². The average molecular weight is 453 g/mol. The van der Waals surface area contributed by atoms with Gasteiger partial charge in [0.15, 0.2) is 0 Å². The van der Waals surface area contributed by atoms with Crippen LogP contribution < -0.4 is 16.4 Å². The number of imidazole rings is 1. The van der Waals surface area contributed by atoms with Gasteiger partial charge in [0.2, 0.25) is 17.7 Å². The first kappa shape index (κ1) is 25.3. The van der Waals surface area contributed by atoms with Crippen LogP contribution in [0.1, 0.15) is 38.8 Å². The van der Waals surface area contributed by atoms with Crippen LogP contribution in [0, 0.1) is 5.92 Å². The maximum absolute atomic E-state index is 12.9. The Morgan fingerprint density at radius 3 is 2.59 bits per heavy atom. The zero-order chi connectivity index (χ0) is 23.8. The molecule has 5 atom stereocenters. The van der Waals surface area contributed by atoms with Crippen molar-refractivity contribution in [2.75, 3.05) is 13.2 Å². The molecule has 7 N–H and O–H groups in total. The molecule has 5 unspecified atom stereocenters. The van der Waals surface area contributed by atoms with Crippen LogP contribution in [0.15, 0.2) is 12.5 Å². The molecule has 1 fully saturated rings. The summed E-state index contributed by atoms with van der Waals surface area (Å²) in [7, 11) is 0. The number of nitrogens with two attached hydrogens (primary N) is 1. The van der Waals surface area contributed by atoms with E-state index in [1.165, 1.54) is 6.33 Å². The van der Waals surface area contributed by atoms with E-state index in [0.29, 0.717) is 25.0 Å². The number of aliphatic carboxylic acids is 1. The van der Waals surface area contributed by atoms with Crippen LogP contribution in [-0.2, 0) is 25.6 Å². The number of carboxylic acid groups (broad SMARTS) is 1. The molecule has 2 heterocycles. The summed E-state index contributed by atoms with van der Waals surface area (Å²) in [4.78, 5) is 57.5. The van der Waals surface area contributed by atoms with Crippen molar-refractivity contribution in [3.8, 4) is 0 Å². The van der Waals surface area contributed by atoms with E-state index in [1.54, 1.807) is 13.1 Å². The highest BCUT2D eigenvalue weighted by Gasteiger charge is 2.38. The molecule has 12 heteroatoms. The van der Waals surface area contributed by atoms with Gasteiger partial charge in [0.1, 0.15) is 18.1 Å². The van der Waals surface area contributed by atoms with Crippen molar-refractivity contribution < 1.29 is 29.4 Å². The standard InChI is InChI=1S/C20H32N6O6/c1-3-11(2)16(25-17(28)13(21)7-12-8-22-10-23-12)18(29)24-14(9-27)19(30)26-6-4-5-15(26)20(31)32/h8,10-11,13-16,27H,3-7,9,21H2,1-2H3,(H,22,23)(H,24,29)(H,25,28)(H,31,32). The van der Waals surface area contributed by atoms with Crippen LogP contribution in [0.3, 0.4) is 0 Å². The highest BCUT2D eigenvalue weighted by Crippen LogP contribution is 2.19. The zero-order valence-electron chi connectivity index (χ0n) is 18.3. The number of aromatic nitrogens is 2. The van der Waals surface area contributed by atoms with Crippen LogP contribution in [0.25, 0.3) is 0 Å². The summed E-state index contributed by atoms with van der Waals surface area (Å²) in [6.45, 7) is 3.14. The maximum Gasteiger partial charge on any atom is 0.326 e. The minimum absolute atomic E-state index is 0.198. The van der Waals surface area contributed by atoms with Crippen molar-refractivity contribution in [1.82, 2.24) is 25.5 Å². The number of hydrogen-bond donors (Lipinski definition) is 6. The summed E-state index contributed by atoms with van der Waals surface area (Å²) < 4.78 is 0. The molecule has 1 aromatic rings. The molecule has 32 heavy (non-hydrogen) atoms. The largest absolute Gasteiger partial charge is 0.480 e. The zero-order valence-corrected chi connectivity index (χ0v) is 18.3. The number of nitrogens with zero attached hydrogens (tertiary/aromatic N) is 2. The minimum atomic E-state index is -1.32. The third-order valence-corrected chi connectivity index (χ3v) is 5.74. The van der Waals surface area contributed by atoms with Crippen molar-refractivity contribution in [3.05, 3.63) is 18.2 Å². The summed E-state index contributed by atoms with van der Waals surface area (Å²) in [5, 5.41) is 24.1.